The highest BCUT2D eigenvalue weighted by molar-refractivity contribution is 6.05. The molecule has 262 valence electrons. The van der Waals surface area contributed by atoms with Crippen molar-refractivity contribution in [3.05, 3.63) is 95.5 Å². The number of allylic oxidation sites excluding steroid dienone is 1. The Kier molecular flexibility index (Phi) is 10.9. The second-order valence-corrected chi connectivity index (χ2v) is 12.9. The van der Waals surface area contributed by atoms with Crippen molar-refractivity contribution in [3.63, 3.8) is 0 Å². The van der Waals surface area contributed by atoms with Gasteiger partial charge >= 0.3 is 5.97 Å². The lowest BCUT2D eigenvalue weighted by Gasteiger charge is -2.22. The number of carbonyl (C=O) groups is 1. The van der Waals surface area contributed by atoms with Crippen LogP contribution in [0.2, 0.25) is 0 Å². The van der Waals surface area contributed by atoms with Crippen LogP contribution in [-0.4, -0.2) is 59.6 Å². The molecule has 0 radical (unpaired) electrons. The Morgan fingerprint density at radius 2 is 1.82 bits per heavy atom. The van der Waals surface area contributed by atoms with Gasteiger partial charge in [-0.1, -0.05) is 66.7 Å². The summed E-state index contributed by atoms with van der Waals surface area (Å²) in [5.74, 6) is 0.595. The minimum absolute atomic E-state index is 0.160. The van der Waals surface area contributed by atoms with E-state index in [-0.39, 0.29) is 12.3 Å². The number of benzene rings is 3. The molecule has 2 aliphatic heterocycles. The fourth-order valence-electron chi connectivity index (χ4n) is 7.33. The Bertz CT molecular complexity index is 1960. The van der Waals surface area contributed by atoms with Crippen molar-refractivity contribution in [2.75, 3.05) is 33.0 Å². The van der Waals surface area contributed by atoms with E-state index in [9.17, 15) is 4.79 Å². The molecule has 1 saturated heterocycles. The largest absolute Gasteiger partial charge is 0.493 e. The fraction of sp³-hybridized carbons (Fsp3) is 0.415. The molecule has 0 saturated carbocycles. The molecule has 1 unspecified atom stereocenters. The van der Waals surface area contributed by atoms with Crippen molar-refractivity contribution in [3.8, 4) is 16.9 Å². The molecule has 0 N–H and O–H groups in total. The van der Waals surface area contributed by atoms with Crippen molar-refractivity contribution in [2.24, 2.45) is 7.05 Å². The first-order chi connectivity index (χ1) is 24.6. The molecule has 50 heavy (non-hydrogen) atoms. The van der Waals surface area contributed by atoms with E-state index in [1.54, 1.807) is 0 Å². The predicted molar refractivity (Wildman–Crippen MR) is 195 cm³/mol. The molecule has 1 fully saturated rings. The zero-order chi connectivity index (χ0) is 34.3. The van der Waals surface area contributed by atoms with Gasteiger partial charge in [-0.05, 0) is 62.5 Å². The summed E-state index contributed by atoms with van der Waals surface area (Å²) in [5.41, 5.74) is 6.64. The lowest BCUT2D eigenvalue weighted by atomic mass is 9.97. The zero-order valence-electron chi connectivity index (χ0n) is 29.2. The minimum atomic E-state index is -0.302. The van der Waals surface area contributed by atoms with Gasteiger partial charge in [0.1, 0.15) is 11.4 Å². The highest BCUT2D eigenvalue weighted by atomic mass is 16.7. The number of esters is 1. The molecule has 0 spiro atoms. The van der Waals surface area contributed by atoms with E-state index in [2.05, 4.69) is 47.0 Å². The molecule has 0 amide bonds. The summed E-state index contributed by atoms with van der Waals surface area (Å²) >= 11 is 0. The van der Waals surface area contributed by atoms with Crippen LogP contribution in [0.3, 0.4) is 0 Å². The van der Waals surface area contributed by atoms with Gasteiger partial charge in [-0.15, -0.1) is 0 Å². The number of carbonyl (C=O) groups excluding carboxylic acids is 1. The number of hydrogen-bond donors (Lipinski definition) is 0. The second kappa shape index (κ2) is 16.1. The van der Waals surface area contributed by atoms with Gasteiger partial charge in [-0.2, -0.15) is 5.10 Å². The third-order valence-corrected chi connectivity index (χ3v) is 9.68. The van der Waals surface area contributed by atoms with Crippen LogP contribution in [-0.2, 0) is 52.0 Å². The van der Waals surface area contributed by atoms with Gasteiger partial charge in [0.05, 0.1) is 49.9 Å². The molecular formula is C41H47N3O6. The van der Waals surface area contributed by atoms with Crippen molar-refractivity contribution >= 4 is 27.6 Å². The van der Waals surface area contributed by atoms with E-state index >= 15 is 0 Å². The maximum absolute atomic E-state index is 13.8. The van der Waals surface area contributed by atoms with E-state index in [0.717, 1.165) is 95.2 Å². The lowest BCUT2D eigenvalue weighted by molar-refractivity contribution is -0.161. The van der Waals surface area contributed by atoms with Crippen LogP contribution in [0.15, 0.2) is 72.8 Å². The molecule has 2 aromatic heterocycles. The minimum Gasteiger partial charge on any atom is -0.493 e. The monoisotopic (exact) mass is 677 g/mol. The normalized spacial score (nSPS) is 17.0. The van der Waals surface area contributed by atoms with Crippen LogP contribution in [0.25, 0.3) is 32.8 Å². The van der Waals surface area contributed by atoms with E-state index < -0.39 is 0 Å². The Morgan fingerprint density at radius 1 is 0.960 bits per heavy atom. The number of aryl methyl sites for hydroxylation is 2. The Hall–Kier alpha value is -4.44. The quantitative estimate of drug-likeness (QED) is 0.0753. The summed E-state index contributed by atoms with van der Waals surface area (Å²) < 4.78 is 34.1. The van der Waals surface area contributed by atoms with Crippen LogP contribution < -0.4 is 4.74 Å². The molecule has 5 aromatic rings. The van der Waals surface area contributed by atoms with E-state index in [0.29, 0.717) is 51.7 Å². The lowest BCUT2D eigenvalue weighted by Crippen LogP contribution is -2.23. The third-order valence-electron chi connectivity index (χ3n) is 9.68. The Morgan fingerprint density at radius 3 is 2.70 bits per heavy atom. The van der Waals surface area contributed by atoms with E-state index in [1.165, 1.54) is 5.39 Å². The van der Waals surface area contributed by atoms with Gasteiger partial charge in [0.15, 0.2) is 6.29 Å². The Labute approximate surface area is 293 Å². The smallest absolute Gasteiger partial charge is 0.355 e. The van der Waals surface area contributed by atoms with Gasteiger partial charge in [-0.3, -0.25) is 4.68 Å². The molecule has 2 aliphatic rings. The van der Waals surface area contributed by atoms with Crippen LogP contribution >= 0.6 is 0 Å². The van der Waals surface area contributed by atoms with Gasteiger partial charge in [0, 0.05) is 48.5 Å². The van der Waals surface area contributed by atoms with Crippen LogP contribution in [0.5, 0.6) is 5.75 Å². The molecule has 9 heteroatoms. The fourth-order valence-corrected chi connectivity index (χ4v) is 7.33. The topological polar surface area (TPSA) is 86.0 Å². The molecule has 3 aromatic carbocycles. The highest BCUT2D eigenvalue weighted by Crippen LogP contribution is 2.39. The van der Waals surface area contributed by atoms with Crippen LogP contribution in [0.4, 0.5) is 0 Å². The number of hydrogen-bond acceptors (Lipinski definition) is 7. The molecule has 9 nitrogen and oxygen atoms in total. The summed E-state index contributed by atoms with van der Waals surface area (Å²) in [4.78, 5) is 13.8. The van der Waals surface area contributed by atoms with Crippen LogP contribution in [0, 0.1) is 0 Å². The number of nitrogens with zero attached hydrogens (tertiary/aromatic N) is 3. The first-order valence-electron chi connectivity index (χ1n) is 18.1. The Balaban J connectivity index is 1.22. The average molecular weight is 678 g/mol. The number of ether oxygens (including phenoxy) is 5. The number of para-hydroxylation sites is 1. The van der Waals surface area contributed by atoms with Crippen molar-refractivity contribution in [2.45, 2.75) is 71.3 Å². The SMILES string of the molecule is CCOC(=O)c1c(CCCCOc2cccc3ccccc23)c2cccc3c2n1C/C=C\COCc1c-3c(CCOC2CCCCO2)nn1C. The maximum atomic E-state index is 13.8. The summed E-state index contributed by atoms with van der Waals surface area (Å²) in [5, 5.41) is 8.33. The van der Waals surface area contributed by atoms with Crippen molar-refractivity contribution < 1.29 is 28.5 Å². The second-order valence-electron chi connectivity index (χ2n) is 12.9. The number of fused-ring (bicyclic) bond motifs is 3. The zero-order valence-corrected chi connectivity index (χ0v) is 29.2. The molecule has 0 bridgehead atoms. The van der Waals surface area contributed by atoms with Gasteiger partial charge in [-0.25, -0.2) is 4.79 Å². The summed E-state index contributed by atoms with van der Waals surface area (Å²) in [6.45, 7) is 5.40. The summed E-state index contributed by atoms with van der Waals surface area (Å²) in [7, 11) is 1.97. The van der Waals surface area contributed by atoms with E-state index in [1.807, 2.05) is 49.0 Å². The van der Waals surface area contributed by atoms with Gasteiger partial charge in [0.2, 0.25) is 0 Å². The summed E-state index contributed by atoms with van der Waals surface area (Å²) in [6, 6.07) is 20.8. The predicted octanol–water partition coefficient (Wildman–Crippen LogP) is 7.95. The average Bonchev–Trinajstić information content (AvgIpc) is 3.62. The van der Waals surface area contributed by atoms with Crippen molar-refractivity contribution in [1.29, 1.82) is 0 Å². The first-order valence-corrected chi connectivity index (χ1v) is 18.1. The summed E-state index contributed by atoms with van der Waals surface area (Å²) in [6.07, 6.45) is 10.1. The molecule has 1 atom stereocenters. The first kappa shape index (κ1) is 34.0. The maximum Gasteiger partial charge on any atom is 0.355 e. The molecule has 4 heterocycles. The number of rotatable bonds is 12. The van der Waals surface area contributed by atoms with Crippen molar-refractivity contribution in [1.82, 2.24) is 14.3 Å². The standard InChI is InChI=1S/C41H47N3O6/c1-3-47-41(45)40-32(17-6-9-25-48-36-20-12-15-29-14-4-5-16-30(29)36)31-18-13-19-33-38-34(22-27-50-37-21-7-10-26-49-37)42-43(2)35(38)28-46-24-11-8-23-44(40)39(31)33/h4-5,8,11-16,18-20,37H,3,6-7,9-10,17,21-28H2,1-2H3/b11-8-. The number of aromatic nitrogens is 3. The number of unbranched alkanes of at least 4 members (excludes halogenated alkanes) is 1. The molecular weight excluding hydrogens is 630 g/mol. The highest BCUT2D eigenvalue weighted by Gasteiger charge is 2.28. The van der Waals surface area contributed by atoms with E-state index in [4.69, 9.17) is 28.8 Å². The van der Waals surface area contributed by atoms with Gasteiger partial charge < -0.3 is 28.3 Å². The van der Waals surface area contributed by atoms with Crippen LogP contribution in [0.1, 0.15) is 66.5 Å². The van der Waals surface area contributed by atoms with Gasteiger partial charge in [0.25, 0.3) is 0 Å². The molecule has 7 rings (SSSR count). The molecule has 0 aliphatic carbocycles. The third kappa shape index (κ3) is 7.22.